The lowest BCUT2D eigenvalue weighted by Gasteiger charge is -2.29. The Balaban J connectivity index is 1.44. The van der Waals surface area contributed by atoms with E-state index in [0.29, 0.717) is 35.5 Å². The molecule has 0 heterocycles. The molecule has 0 aliphatic heterocycles. The molecule has 0 bridgehead atoms. The van der Waals surface area contributed by atoms with Gasteiger partial charge in [-0.25, -0.2) is 9.69 Å². The molecule has 1 aliphatic rings. The van der Waals surface area contributed by atoms with Crippen molar-refractivity contribution in [1.29, 1.82) is 0 Å². The lowest BCUT2D eigenvalue weighted by molar-refractivity contribution is -0.138. The van der Waals surface area contributed by atoms with Crippen LogP contribution in [-0.2, 0) is 19.1 Å². The average molecular weight is 489 g/mol. The Hall–Kier alpha value is -3.10. The predicted octanol–water partition coefficient (Wildman–Crippen LogP) is 4.64. The summed E-state index contributed by atoms with van der Waals surface area (Å²) in [6, 6.07) is 16.4. The molecule has 1 aliphatic carbocycles. The topological polar surface area (TPSA) is 105 Å². The van der Waals surface area contributed by atoms with E-state index in [1.165, 1.54) is 4.90 Å². The van der Waals surface area contributed by atoms with Crippen molar-refractivity contribution in [1.82, 2.24) is 5.32 Å². The Labute approximate surface area is 203 Å². The first-order chi connectivity index (χ1) is 16.4. The van der Waals surface area contributed by atoms with Crippen LogP contribution in [-0.4, -0.2) is 49.4 Å². The standard InChI is InChI=1S/C25H29ClN2O6/c26-20-10-12-22(13-11-20)28(21-4-2-1-3-5-21)25(32)34-16-19-8-6-18(7-9-19)15-33-17-23(29)27-14-24(30)31/h1-5,10-13,18-19H,6-9,14-17H2,(H,27,29)(H,30,31). The fourth-order valence-corrected chi connectivity index (χ4v) is 4.02. The fraction of sp³-hybridized carbons (Fsp3) is 0.400. The average Bonchev–Trinajstić information content (AvgIpc) is 2.84. The third-order valence-electron chi connectivity index (χ3n) is 5.71. The number of ether oxygens (including phenoxy) is 2. The van der Waals surface area contributed by atoms with Gasteiger partial charge < -0.3 is 19.9 Å². The molecular formula is C25H29ClN2O6. The van der Waals surface area contributed by atoms with Gasteiger partial charge in [-0.3, -0.25) is 9.59 Å². The summed E-state index contributed by atoms with van der Waals surface area (Å²) >= 11 is 6.00. The molecule has 0 spiro atoms. The molecule has 9 heteroatoms. The zero-order chi connectivity index (χ0) is 24.3. The zero-order valence-corrected chi connectivity index (χ0v) is 19.6. The van der Waals surface area contributed by atoms with Crippen molar-refractivity contribution in [3.63, 3.8) is 0 Å². The number of benzene rings is 2. The number of amides is 2. The molecule has 0 unspecified atom stereocenters. The van der Waals surface area contributed by atoms with Crippen LogP contribution in [0.3, 0.4) is 0 Å². The van der Waals surface area contributed by atoms with E-state index in [1.807, 2.05) is 30.3 Å². The molecule has 182 valence electrons. The monoisotopic (exact) mass is 488 g/mol. The normalized spacial score (nSPS) is 17.6. The van der Waals surface area contributed by atoms with Gasteiger partial charge in [-0.2, -0.15) is 0 Å². The maximum atomic E-state index is 13.0. The number of carbonyl (C=O) groups excluding carboxylic acids is 2. The molecule has 0 atom stereocenters. The Morgan fingerprint density at radius 3 is 2.12 bits per heavy atom. The smallest absolute Gasteiger partial charge is 0.418 e. The molecule has 2 N–H and O–H groups in total. The first-order valence-corrected chi connectivity index (χ1v) is 11.6. The van der Waals surface area contributed by atoms with Crippen LogP contribution < -0.4 is 10.2 Å². The molecule has 2 aromatic rings. The summed E-state index contributed by atoms with van der Waals surface area (Å²) in [5.74, 6) is -0.935. The highest BCUT2D eigenvalue weighted by molar-refractivity contribution is 6.30. The number of anilines is 2. The van der Waals surface area contributed by atoms with E-state index in [4.69, 9.17) is 26.2 Å². The predicted molar refractivity (Wildman–Crippen MR) is 128 cm³/mol. The van der Waals surface area contributed by atoms with E-state index in [-0.39, 0.29) is 12.5 Å². The van der Waals surface area contributed by atoms with Gasteiger partial charge in [0.25, 0.3) is 0 Å². The van der Waals surface area contributed by atoms with Crippen molar-refractivity contribution in [2.24, 2.45) is 11.8 Å². The van der Waals surface area contributed by atoms with Crippen LogP contribution in [0.25, 0.3) is 0 Å². The molecule has 2 amide bonds. The summed E-state index contributed by atoms with van der Waals surface area (Å²) in [4.78, 5) is 36.5. The summed E-state index contributed by atoms with van der Waals surface area (Å²) in [5.41, 5.74) is 1.39. The highest BCUT2D eigenvalue weighted by Gasteiger charge is 2.25. The lowest BCUT2D eigenvalue weighted by Crippen LogP contribution is -2.33. The summed E-state index contributed by atoms with van der Waals surface area (Å²) in [5, 5.41) is 11.4. The van der Waals surface area contributed by atoms with E-state index in [0.717, 1.165) is 25.7 Å². The summed E-state index contributed by atoms with van der Waals surface area (Å²) in [7, 11) is 0. The van der Waals surface area contributed by atoms with E-state index in [9.17, 15) is 14.4 Å². The maximum absolute atomic E-state index is 13.0. The molecule has 0 aromatic heterocycles. The summed E-state index contributed by atoms with van der Waals surface area (Å²) < 4.78 is 11.1. The molecule has 3 rings (SSSR count). The molecule has 8 nitrogen and oxygen atoms in total. The van der Waals surface area contributed by atoms with Gasteiger partial charge in [0.05, 0.1) is 24.6 Å². The minimum absolute atomic E-state index is 0.148. The summed E-state index contributed by atoms with van der Waals surface area (Å²) in [6.45, 7) is 0.225. The second-order valence-electron chi connectivity index (χ2n) is 8.30. The molecule has 1 saturated carbocycles. The zero-order valence-electron chi connectivity index (χ0n) is 18.8. The van der Waals surface area contributed by atoms with Gasteiger partial charge in [-0.15, -0.1) is 0 Å². The highest BCUT2D eigenvalue weighted by atomic mass is 35.5. The molecule has 2 aromatic carbocycles. The third kappa shape index (κ3) is 8.04. The van der Waals surface area contributed by atoms with Crippen molar-refractivity contribution in [2.75, 3.05) is 31.3 Å². The van der Waals surface area contributed by atoms with Crippen LogP contribution >= 0.6 is 11.6 Å². The van der Waals surface area contributed by atoms with E-state index >= 15 is 0 Å². The maximum Gasteiger partial charge on any atom is 0.418 e. The van der Waals surface area contributed by atoms with Gasteiger partial charge >= 0.3 is 12.1 Å². The quantitative estimate of drug-likeness (QED) is 0.504. The van der Waals surface area contributed by atoms with Gasteiger partial charge in [0, 0.05) is 5.02 Å². The number of carbonyl (C=O) groups is 3. The number of hydrogen-bond acceptors (Lipinski definition) is 5. The highest BCUT2D eigenvalue weighted by Crippen LogP contribution is 2.31. The van der Waals surface area contributed by atoms with E-state index in [1.54, 1.807) is 24.3 Å². The van der Waals surface area contributed by atoms with Crippen molar-refractivity contribution in [2.45, 2.75) is 25.7 Å². The number of para-hydroxylation sites is 1. The van der Waals surface area contributed by atoms with Gasteiger partial charge in [-0.1, -0.05) is 29.8 Å². The number of halogens is 1. The Morgan fingerprint density at radius 2 is 1.50 bits per heavy atom. The SMILES string of the molecule is O=C(O)CNC(=O)COCC1CCC(COC(=O)N(c2ccccc2)c2ccc(Cl)cc2)CC1. The molecule has 0 saturated heterocycles. The van der Waals surface area contributed by atoms with Crippen LogP contribution in [0.5, 0.6) is 0 Å². The van der Waals surface area contributed by atoms with Crippen molar-refractivity contribution in [3.05, 3.63) is 59.6 Å². The largest absolute Gasteiger partial charge is 0.480 e. The van der Waals surface area contributed by atoms with Crippen LogP contribution in [0.15, 0.2) is 54.6 Å². The number of aliphatic carboxylic acids is 1. The third-order valence-corrected chi connectivity index (χ3v) is 5.97. The van der Waals surface area contributed by atoms with Crippen LogP contribution in [0.2, 0.25) is 5.02 Å². The van der Waals surface area contributed by atoms with Crippen LogP contribution in [0.4, 0.5) is 16.2 Å². The van der Waals surface area contributed by atoms with Crippen molar-refractivity contribution < 1.29 is 29.0 Å². The Kier molecular flexibility index (Phi) is 9.73. The minimum atomic E-state index is -1.09. The summed E-state index contributed by atoms with van der Waals surface area (Å²) in [6.07, 6.45) is 3.20. The fourth-order valence-electron chi connectivity index (χ4n) is 3.89. The van der Waals surface area contributed by atoms with E-state index < -0.39 is 24.5 Å². The lowest BCUT2D eigenvalue weighted by atomic mass is 9.83. The van der Waals surface area contributed by atoms with Crippen molar-refractivity contribution in [3.8, 4) is 0 Å². The van der Waals surface area contributed by atoms with E-state index in [2.05, 4.69) is 5.32 Å². The van der Waals surface area contributed by atoms with Crippen LogP contribution in [0, 0.1) is 11.8 Å². The number of carboxylic acid groups (broad SMARTS) is 1. The number of carboxylic acids is 1. The molecule has 1 fully saturated rings. The van der Waals surface area contributed by atoms with Gasteiger partial charge in [0.15, 0.2) is 0 Å². The minimum Gasteiger partial charge on any atom is -0.480 e. The molecular weight excluding hydrogens is 460 g/mol. The number of hydrogen-bond donors (Lipinski definition) is 2. The van der Waals surface area contributed by atoms with Crippen LogP contribution in [0.1, 0.15) is 25.7 Å². The Morgan fingerprint density at radius 1 is 0.912 bits per heavy atom. The van der Waals surface area contributed by atoms with Gasteiger partial charge in [0.2, 0.25) is 5.91 Å². The first kappa shape index (κ1) is 25.5. The Bertz CT molecular complexity index is 946. The number of rotatable bonds is 10. The second-order valence-corrected chi connectivity index (χ2v) is 8.73. The second kappa shape index (κ2) is 13.0. The molecule has 0 radical (unpaired) electrons. The van der Waals surface area contributed by atoms with Crippen molar-refractivity contribution >= 4 is 40.9 Å². The number of nitrogens with zero attached hydrogens (tertiary/aromatic N) is 1. The first-order valence-electron chi connectivity index (χ1n) is 11.3. The van der Waals surface area contributed by atoms with Gasteiger partial charge in [0.1, 0.15) is 13.2 Å². The number of nitrogens with one attached hydrogen (secondary N) is 1. The molecule has 34 heavy (non-hydrogen) atoms. The van der Waals surface area contributed by atoms with Gasteiger partial charge in [-0.05, 0) is 73.9 Å².